The lowest BCUT2D eigenvalue weighted by Gasteiger charge is -2.34. The summed E-state index contributed by atoms with van der Waals surface area (Å²) in [6.07, 6.45) is -4.05. The SMILES string of the molecule is COC(C(COC(C)=O)OC(C)=O)C(OC)C(COC(C)=O)OC(C)=O. The normalized spacial score (nSPS) is 15.2. The van der Waals surface area contributed by atoms with E-state index in [-0.39, 0.29) is 13.2 Å². The van der Waals surface area contributed by atoms with Gasteiger partial charge in [-0.3, -0.25) is 19.2 Å². The van der Waals surface area contributed by atoms with Crippen LogP contribution < -0.4 is 0 Å². The molecule has 0 N–H and O–H groups in total. The average Bonchev–Trinajstić information content (AvgIpc) is 2.52. The van der Waals surface area contributed by atoms with Gasteiger partial charge in [0.25, 0.3) is 0 Å². The lowest BCUT2D eigenvalue weighted by Crippen LogP contribution is -2.52. The largest absolute Gasteiger partial charge is 0.462 e. The van der Waals surface area contributed by atoms with E-state index in [0.717, 1.165) is 0 Å². The van der Waals surface area contributed by atoms with Gasteiger partial charge in [-0.15, -0.1) is 0 Å². The molecule has 10 heteroatoms. The van der Waals surface area contributed by atoms with E-state index in [0.29, 0.717) is 0 Å². The number of carbonyl (C=O) groups excluding carboxylic acids is 4. The summed E-state index contributed by atoms with van der Waals surface area (Å²) in [4.78, 5) is 44.9. The number of rotatable bonds is 11. The zero-order valence-electron chi connectivity index (χ0n) is 15.8. The van der Waals surface area contributed by atoms with Gasteiger partial charge < -0.3 is 28.4 Å². The number of hydrogen-bond donors (Lipinski definition) is 0. The summed E-state index contributed by atoms with van der Waals surface area (Å²) in [5.74, 6) is -2.43. The lowest BCUT2D eigenvalue weighted by atomic mass is 10.0. The second kappa shape index (κ2) is 12.2. The van der Waals surface area contributed by atoms with Crippen LogP contribution in [-0.4, -0.2) is 75.7 Å². The number of carbonyl (C=O) groups is 4. The predicted octanol–water partition coefficient (Wildman–Crippen LogP) is 0.00600. The minimum atomic E-state index is -1.04. The Bertz CT molecular complexity index is 445. The fourth-order valence-electron chi connectivity index (χ4n) is 2.21. The monoisotopic (exact) mass is 378 g/mol. The van der Waals surface area contributed by atoms with Gasteiger partial charge in [-0.1, -0.05) is 0 Å². The first-order valence-corrected chi connectivity index (χ1v) is 7.79. The highest BCUT2D eigenvalue weighted by atomic mass is 16.6. The van der Waals surface area contributed by atoms with Gasteiger partial charge in [-0.05, 0) is 0 Å². The minimum Gasteiger partial charge on any atom is -0.462 e. The van der Waals surface area contributed by atoms with E-state index in [1.165, 1.54) is 41.9 Å². The molecule has 0 spiro atoms. The highest BCUT2D eigenvalue weighted by Gasteiger charge is 2.40. The van der Waals surface area contributed by atoms with Gasteiger partial charge >= 0.3 is 23.9 Å². The van der Waals surface area contributed by atoms with E-state index in [4.69, 9.17) is 28.4 Å². The summed E-state index contributed by atoms with van der Waals surface area (Å²) >= 11 is 0. The predicted molar refractivity (Wildman–Crippen MR) is 86.0 cm³/mol. The highest BCUT2D eigenvalue weighted by molar-refractivity contribution is 5.67. The van der Waals surface area contributed by atoms with Crippen molar-refractivity contribution in [1.29, 1.82) is 0 Å². The molecule has 0 rings (SSSR count). The average molecular weight is 378 g/mol. The van der Waals surface area contributed by atoms with Crippen LogP contribution in [0.15, 0.2) is 0 Å². The van der Waals surface area contributed by atoms with Crippen LogP contribution in [0.25, 0.3) is 0 Å². The van der Waals surface area contributed by atoms with E-state index in [2.05, 4.69) is 0 Å². The quantitative estimate of drug-likeness (QED) is 0.358. The maximum atomic E-state index is 11.4. The van der Waals surface area contributed by atoms with Crippen molar-refractivity contribution in [2.75, 3.05) is 27.4 Å². The van der Waals surface area contributed by atoms with Crippen LogP contribution >= 0.6 is 0 Å². The Hall–Kier alpha value is -2.20. The first-order chi connectivity index (χ1) is 12.1. The maximum absolute atomic E-state index is 11.4. The Labute approximate surface area is 152 Å². The third-order valence-corrected chi connectivity index (χ3v) is 3.14. The maximum Gasteiger partial charge on any atom is 0.303 e. The molecular weight excluding hydrogens is 352 g/mol. The molecule has 0 bridgehead atoms. The molecule has 0 amide bonds. The third-order valence-electron chi connectivity index (χ3n) is 3.14. The Balaban J connectivity index is 5.52. The van der Waals surface area contributed by atoms with Crippen molar-refractivity contribution < 1.29 is 47.6 Å². The number of esters is 4. The van der Waals surface area contributed by atoms with Crippen molar-refractivity contribution in [3.05, 3.63) is 0 Å². The molecule has 0 aromatic rings. The third kappa shape index (κ3) is 9.33. The van der Waals surface area contributed by atoms with Crippen molar-refractivity contribution in [1.82, 2.24) is 0 Å². The summed E-state index contributed by atoms with van der Waals surface area (Å²) in [6, 6.07) is 0. The van der Waals surface area contributed by atoms with E-state index < -0.39 is 48.3 Å². The minimum absolute atomic E-state index is 0.298. The molecule has 0 heterocycles. The number of methoxy groups -OCH3 is 2. The molecule has 26 heavy (non-hydrogen) atoms. The molecule has 4 atom stereocenters. The van der Waals surface area contributed by atoms with Gasteiger partial charge in [0.15, 0.2) is 12.2 Å². The van der Waals surface area contributed by atoms with Gasteiger partial charge in [0, 0.05) is 41.9 Å². The molecule has 10 nitrogen and oxygen atoms in total. The van der Waals surface area contributed by atoms with E-state index in [1.54, 1.807) is 0 Å². The van der Waals surface area contributed by atoms with Gasteiger partial charge in [-0.2, -0.15) is 0 Å². The van der Waals surface area contributed by atoms with Crippen molar-refractivity contribution in [3.63, 3.8) is 0 Å². The molecule has 0 saturated carbocycles. The molecule has 0 fully saturated rings. The van der Waals surface area contributed by atoms with Crippen molar-refractivity contribution in [3.8, 4) is 0 Å². The van der Waals surface area contributed by atoms with Gasteiger partial charge in [0.05, 0.1) is 0 Å². The summed E-state index contributed by atoms with van der Waals surface area (Å²) in [7, 11) is 2.63. The molecule has 0 aromatic heterocycles. The summed E-state index contributed by atoms with van der Waals surface area (Å²) in [5.41, 5.74) is 0. The van der Waals surface area contributed by atoms with E-state index in [1.807, 2.05) is 0 Å². The second-order valence-corrected chi connectivity index (χ2v) is 5.30. The Kier molecular flexibility index (Phi) is 11.2. The first kappa shape index (κ1) is 23.8. The number of hydrogen-bond acceptors (Lipinski definition) is 10. The topological polar surface area (TPSA) is 124 Å². The fourth-order valence-corrected chi connectivity index (χ4v) is 2.21. The van der Waals surface area contributed by atoms with Crippen LogP contribution in [-0.2, 0) is 47.6 Å². The lowest BCUT2D eigenvalue weighted by molar-refractivity contribution is -0.194. The molecular formula is C16H26O10. The first-order valence-electron chi connectivity index (χ1n) is 7.79. The van der Waals surface area contributed by atoms with Crippen molar-refractivity contribution in [2.24, 2.45) is 0 Å². The smallest absolute Gasteiger partial charge is 0.303 e. The summed E-state index contributed by atoms with van der Waals surface area (Å²) in [5, 5.41) is 0. The molecule has 0 saturated heterocycles. The van der Waals surface area contributed by atoms with Gasteiger partial charge in [0.2, 0.25) is 0 Å². The van der Waals surface area contributed by atoms with Crippen LogP contribution in [0, 0.1) is 0 Å². The van der Waals surface area contributed by atoms with Crippen LogP contribution in [0.3, 0.4) is 0 Å². The van der Waals surface area contributed by atoms with Crippen LogP contribution in [0.5, 0.6) is 0 Å². The van der Waals surface area contributed by atoms with Gasteiger partial charge in [0.1, 0.15) is 25.4 Å². The van der Waals surface area contributed by atoms with E-state index >= 15 is 0 Å². The molecule has 4 unspecified atom stereocenters. The Morgan fingerprint density at radius 1 is 0.615 bits per heavy atom. The van der Waals surface area contributed by atoms with Crippen molar-refractivity contribution in [2.45, 2.75) is 52.1 Å². The number of ether oxygens (including phenoxy) is 6. The van der Waals surface area contributed by atoms with Crippen LogP contribution in [0.2, 0.25) is 0 Å². The zero-order chi connectivity index (χ0) is 20.3. The fraction of sp³-hybridized carbons (Fsp3) is 0.750. The Morgan fingerprint density at radius 3 is 1.12 bits per heavy atom. The van der Waals surface area contributed by atoms with Crippen LogP contribution in [0.4, 0.5) is 0 Å². The van der Waals surface area contributed by atoms with Crippen molar-refractivity contribution >= 4 is 23.9 Å². The molecule has 150 valence electrons. The Morgan fingerprint density at radius 2 is 0.923 bits per heavy atom. The molecule has 0 aliphatic heterocycles. The highest BCUT2D eigenvalue weighted by Crippen LogP contribution is 2.18. The van der Waals surface area contributed by atoms with Gasteiger partial charge in [-0.25, -0.2) is 0 Å². The molecule has 0 aliphatic rings. The molecule has 0 aromatic carbocycles. The van der Waals surface area contributed by atoms with E-state index in [9.17, 15) is 19.2 Å². The second-order valence-electron chi connectivity index (χ2n) is 5.30. The molecule has 0 radical (unpaired) electrons. The zero-order valence-corrected chi connectivity index (χ0v) is 15.8. The standard InChI is InChI=1S/C16H26O10/c1-9(17)23-7-13(25-11(3)19)15(21-5)16(22-6)14(26-12(4)20)8-24-10(2)18/h13-16H,7-8H2,1-6H3. The summed E-state index contributed by atoms with van der Waals surface area (Å²) < 4.78 is 30.8. The molecule has 0 aliphatic carbocycles. The summed E-state index contributed by atoms with van der Waals surface area (Å²) in [6.45, 7) is 4.16. The van der Waals surface area contributed by atoms with Crippen LogP contribution in [0.1, 0.15) is 27.7 Å².